The van der Waals surface area contributed by atoms with Crippen LogP contribution in [-0.2, 0) is 14.3 Å². The first-order valence-electron chi connectivity index (χ1n) is 8.72. The van der Waals surface area contributed by atoms with Crippen LogP contribution in [0.4, 0.5) is 0 Å². The lowest BCUT2D eigenvalue weighted by Gasteiger charge is -2.27. The van der Waals surface area contributed by atoms with E-state index in [9.17, 15) is 4.79 Å². The molecule has 1 N–H and O–H groups in total. The van der Waals surface area contributed by atoms with Crippen molar-refractivity contribution in [3.63, 3.8) is 0 Å². The summed E-state index contributed by atoms with van der Waals surface area (Å²) >= 11 is 0. The molecule has 21 heavy (non-hydrogen) atoms. The van der Waals surface area contributed by atoms with Gasteiger partial charge in [0.2, 0.25) is 0 Å². The highest BCUT2D eigenvalue weighted by Crippen LogP contribution is 2.33. The topological polar surface area (TPSA) is 47.6 Å². The van der Waals surface area contributed by atoms with Gasteiger partial charge in [-0.1, -0.05) is 39.5 Å². The summed E-state index contributed by atoms with van der Waals surface area (Å²) in [6, 6.07) is 0. The van der Waals surface area contributed by atoms with Gasteiger partial charge in [-0.2, -0.15) is 0 Å². The molecule has 1 rings (SSSR count). The van der Waals surface area contributed by atoms with Crippen molar-refractivity contribution in [3.05, 3.63) is 0 Å². The second kappa shape index (κ2) is 10.2. The van der Waals surface area contributed by atoms with E-state index in [1.807, 2.05) is 13.8 Å². The molecule has 0 aromatic rings. The minimum Gasteiger partial charge on any atom is -0.465 e. The summed E-state index contributed by atoms with van der Waals surface area (Å²) in [5.41, 5.74) is -0.516. The fraction of sp³-hybridized carbons (Fsp3) is 0.941. The van der Waals surface area contributed by atoms with E-state index in [-0.39, 0.29) is 12.1 Å². The van der Waals surface area contributed by atoms with E-state index in [2.05, 4.69) is 12.2 Å². The second-order valence-corrected chi connectivity index (χ2v) is 5.98. The molecule has 4 heteroatoms. The molecule has 4 nitrogen and oxygen atoms in total. The first-order chi connectivity index (χ1) is 10.2. The number of esters is 1. The van der Waals surface area contributed by atoms with Crippen LogP contribution in [0.2, 0.25) is 0 Å². The maximum absolute atomic E-state index is 12.2. The van der Waals surface area contributed by atoms with Gasteiger partial charge < -0.3 is 14.8 Å². The molecular formula is C17H33NO3. The van der Waals surface area contributed by atoms with Gasteiger partial charge in [-0.15, -0.1) is 0 Å². The van der Waals surface area contributed by atoms with Crippen molar-refractivity contribution >= 4 is 5.97 Å². The highest BCUT2D eigenvalue weighted by atomic mass is 16.5. The molecule has 0 saturated heterocycles. The zero-order valence-electron chi connectivity index (χ0n) is 14.1. The lowest BCUT2D eigenvalue weighted by molar-refractivity contribution is -0.151. The van der Waals surface area contributed by atoms with Gasteiger partial charge in [-0.25, -0.2) is 0 Å². The minimum absolute atomic E-state index is 0.110. The van der Waals surface area contributed by atoms with Crippen molar-refractivity contribution < 1.29 is 14.3 Å². The van der Waals surface area contributed by atoms with Gasteiger partial charge in [0.05, 0.1) is 12.7 Å². The molecule has 0 amide bonds. The fourth-order valence-electron chi connectivity index (χ4n) is 3.12. The number of rotatable bonds is 11. The van der Waals surface area contributed by atoms with Crippen LogP contribution in [0.5, 0.6) is 0 Å². The van der Waals surface area contributed by atoms with E-state index in [1.54, 1.807) is 0 Å². The summed E-state index contributed by atoms with van der Waals surface area (Å²) in [7, 11) is 0. The van der Waals surface area contributed by atoms with E-state index >= 15 is 0 Å². The van der Waals surface area contributed by atoms with Crippen molar-refractivity contribution in [1.29, 1.82) is 0 Å². The van der Waals surface area contributed by atoms with Crippen LogP contribution in [0.3, 0.4) is 0 Å². The van der Waals surface area contributed by atoms with E-state index in [1.165, 1.54) is 25.7 Å². The molecule has 124 valence electrons. The first-order valence-corrected chi connectivity index (χ1v) is 8.72. The Hall–Kier alpha value is -0.610. The lowest BCUT2D eigenvalue weighted by Crippen LogP contribution is -2.51. The molecule has 0 bridgehead atoms. The minimum atomic E-state index is -0.516. The highest BCUT2D eigenvalue weighted by Gasteiger charge is 2.46. The van der Waals surface area contributed by atoms with E-state index in [4.69, 9.17) is 9.47 Å². The molecule has 1 aliphatic carbocycles. The van der Waals surface area contributed by atoms with Gasteiger partial charge in [0.15, 0.2) is 0 Å². The van der Waals surface area contributed by atoms with E-state index in [0.717, 1.165) is 38.8 Å². The maximum Gasteiger partial charge on any atom is 0.326 e. The summed E-state index contributed by atoms with van der Waals surface area (Å²) in [4.78, 5) is 12.2. The summed E-state index contributed by atoms with van der Waals surface area (Å²) in [5, 5.41) is 3.34. The van der Waals surface area contributed by atoms with Gasteiger partial charge in [0.1, 0.15) is 5.54 Å². The Morgan fingerprint density at radius 3 is 2.62 bits per heavy atom. The van der Waals surface area contributed by atoms with Crippen molar-refractivity contribution in [2.24, 2.45) is 0 Å². The number of nitrogens with one attached hydrogen (secondary N) is 1. The molecule has 0 heterocycles. The molecule has 0 aromatic carbocycles. The summed E-state index contributed by atoms with van der Waals surface area (Å²) in [6.45, 7) is 8.15. The summed E-state index contributed by atoms with van der Waals surface area (Å²) < 4.78 is 11.2. The number of carbonyl (C=O) groups excluding carboxylic acids is 1. The number of hydrogen-bond acceptors (Lipinski definition) is 4. The summed E-state index contributed by atoms with van der Waals surface area (Å²) in [5.74, 6) is -0.110. The highest BCUT2D eigenvalue weighted by molar-refractivity contribution is 5.81. The first kappa shape index (κ1) is 18.4. The largest absolute Gasteiger partial charge is 0.465 e. The van der Waals surface area contributed by atoms with E-state index < -0.39 is 5.54 Å². The van der Waals surface area contributed by atoms with Crippen LogP contribution < -0.4 is 5.32 Å². The molecule has 2 unspecified atom stereocenters. The van der Waals surface area contributed by atoms with Gasteiger partial charge in [-0.05, 0) is 32.7 Å². The molecule has 0 aromatic heterocycles. The fourth-order valence-corrected chi connectivity index (χ4v) is 3.12. The van der Waals surface area contributed by atoms with Gasteiger partial charge in [-0.3, -0.25) is 4.79 Å². The van der Waals surface area contributed by atoms with Gasteiger partial charge in [0.25, 0.3) is 0 Å². The number of carbonyl (C=O) groups is 1. The van der Waals surface area contributed by atoms with Crippen molar-refractivity contribution in [3.8, 4) is 0 Å². The third-order valence-corrected chi connectivity index (χ3v) is 4.25. The number of hydrogen-bond donors (Lipinski definition) is 1. The molecule has 0 spiro atoms. The van der Waals surface area contributed by atoms with Gasteiger partial charge in [0, 0.05) is 13.0 Å². The Kier molecular flexibility index (Phi) is 8.93. The molecule has 1 aliphatic rings. The Labute approximate surface area is 130 Å². The van der Waals surface area contributed by atoms with Crippen LogP contribution in [0.15, 0.2) is 0 Å². The monoisotopic (exact) mass is 299 g/mol. The molecule has 1 fully saturated rings. The zero-order valence-corrected chi connectivity index (χ0v) is 14.1. The van der Waals surface area contributed by atoms with Gasteiger partial charge >= 0.3 is 5.97 Å². The number of likely N-dealkylation sites (N-methyl/N-ethyl adjacent to an activating group) is 1. The quantitative estimate of drug-likeness (QED) is 0.469. The lowest BCUT2D eigenvalue weighted by atomic mass is 9.97. The zero-order chi connectivity index (χ0) is 15.6. The van der Waals surface area contributed by atoms with Crippen molar-refractivity contribution in [1.82, 2.24) is 5.32 Å². The predicted octanol–water partition coefficient (Wildman–Crippen LogP) is 3.44. The Morgan fingerprint density at radius 1 is 1.19 bits per heavy atom. The Balaban J connectivity index is 2.32. The maximum atomic E-state index is 12.2. The standard InChI is InChI=1S/C17H33NO3/c1-4-7-8-9-10-13-21-15-11-12-17(14-15,18-5-2)16(19)20-6-3/h15,18H,4-14H2,1-3H3. The van der Waals surface area contributed by atoms with Crippen LogP contribution in [0.25, 0.3) is 0 Å². The van der Waals surface area contributed by atoms with E-state index in [0.29, 0.717) is 6.61 Å². The summed E-state index contributed by atoms with van der Waals surface area (Å²) in [6.07, 6.45) is 8.97. The van der Waals surface area contributed by atoms with Crippen LogP contribution in [0, 0.1) is 0 Å². The normalized spacial score (nSPS) is 25.2. The molecule has 0 radical (unpaired) electrons. The number of unbranched alkanes of at least 4 members (excludes halogenated alkanes) is 4. The number of ether oxygens (including phenoxy) is 2. The Morgan fingerprint density at radius 2 is 1.95 bits per heavy atom. The van der Waals surface area contributed by atoms with Crippen LogP contribution >= 0.6 is 0 Å². The van der Waals surface area contributed by atoms with Crippen molar-refractivity contribution in [2.45, 2.75) is 83.8 Å². The van der Waals surface area contributed by atoms with Crippen LogP contribution in [-0.4, -0.2) is 37.4 Å². The third-order valence-electron chi connectivity index (χ3n) is 4.25. The SMILES string of the molecule is CCCCCCCOC1CCC(NCC)(C(=O)OCC)C1. The smallest absolute Gasteiger partial charge is 0.326 e. The average molecular weight is 299 g/mol. The second-order valence-electron chi connectivity index (χ2n) is 5.98. The molecule has 0 aliphatic heterocycles. The molecule has 1 saturated carbocycles. The Bertz CT molecular complexity index is 296. The van der Waals surface area contributed by atoms with Crippen LogP contribution in [0.1, 0.15) is 72.1 Å². The average Bonchev–Trinajstić information content (AvgIpc) is 2.88. The van der Waals surface area contributed by atoms with Crippen molar-refractivity contribution in [2.75, 3.05) is 19.8 Å². The third kappa shape index (κ3) is 5.95. The predicted molar refractivity (Wildman–Crippen MR) is 85.4 cm³/mol. The molecule has 2 atom stereocenters. The molecular weight excluding hydrogens is 266 g/mol.